The second-order valence-electron chi connectivity index (χ2n) is 16.7. The maximum Gasteiger partial charge on any atom is 0.231 e. The number of rotatable bonds is 6. The number of carbonyl (C=O) groups excluding carboxylic acids is 2. The average Bonchev–Trinajstić information content (AvgIpc) is 3.70. The highest BCUT2D eigenvalue weighted by Gasteiger charge is 2.68. The fourth-order valence-corrected chi connectivity index (χ4v) is 11.7. The fourth-order valence-electron chi connectivity index (χ4n) is 11.7. The van der Waals surface area contributed by atoms with E-state index in [4.69, 9.17) is 18.9 Å². The highest BCUT2D eigenvalue weighted by Crippen LogP contribution is 2.70. The molecule has 2 saturated heterocycles. The molecule has 0 aromatic heterocycles. The van der Waals surface area contributed by atoms with Crippen molar-refractivity contribution in [3.63, 3.8) is 0 Å². The van der Waals surface area contributed by atoms with Crippen LogP contribution in [0.4, 0.5) is 0 Å². The number of allylic oxidation sites excluding steroid dienone is 1. The van der Waals surface area contributed by atoms with Gasteiger partial charge < -0.3 is 29.6 Å². The van der Waals surface area contributed by atoms with E-state index >= 15 is 0 Å². The van der Waals surface area contributed by atoms with Crippen LogP contribution in [-0.4, -0.2) is 49.7 Å². The van der Waals surface area contributed by atoms with Crippen LogP contribution in [0.1, 0.15) is 97.5 Å². The lowest BCUT2D eigenvalue weighted by molar-refractivity contribution is -0.272. The van der Waals surface area contributed by atoms with Crippen LogP contribution in [0, 0.1) is 46.3 Å². The standard InChI is InChI=1S/C39H54N2O6/c1-23-9-15-39(46-21-23)24(2)36-33(47-39)19-30-28-7-6-26-18-27(10-13-37(26,3)29(28)11-14-38(30,36)4)41-35(43)20-34(42)40-16-12-25-5-8-31-32(17-25)45-22-44-31/h5-6,8,17,23-24,27-30,33,36H,7,9-16,18-22H2,1-4H3,(H,40,42)(H,41,43)/t23-,24+,27+,28-,29+,30+,33+,36+,37+,38+,39-/m1/s1. The van der Waals surface area contributed by atoms with Gasteiger partial charge in [0.1, 0.15) is 6.42 Å². The van der Waals surface area contributed by atoms with Gasteiger partial charge in [-0.05, 0) is 116 Å². The van der Waals surface area contributed by atoms with Gasteiger partial charge in [-0.25, -0.2) is 0 Å². The molecule has 3 heterocycles. The van der Waals surface area contributed by atoms with Gasteiger partial charge in [-0.2, -0.15) is 0 Å². The second kappa shape index (κ2) is 11.8. The molecule has 1 aromatic rings. The highest BCUT2D eigenvalue weighted by atomic mass is 16.7. The van der Waals surface area contributed by atoms with Gasteiger partial charge in [-0.15, -0.1) is 0 Å². The Morgan fingerprint density at radius 1 is 0.979 bits per heavy atom. The van der Waals surface area contributed by atoms with Crippen molar-refractivity contribution >= 4 is 11.8 Å². The molecule has 0 bridgehead atoms. The van der Waals surface area contributed by atoms with Crippen LogP contribution in [0.2, 0.25) is 0 Å². The molecule has 5 fully saturated rings. The minimum Gasteiger partial charge on any atom is -0.454 e. The third-order valence-corrected chi connectivity index (χ3v) is 14.2. The molecule has 47 heavy (non-hydrogen) atoms. The average molecular weight is 647 g/mol. The minimum absolute atomic E-state index is 0.100. The zero-order chi connectivity index (χ0) is 32.6. The first-order valence-corrected chi connectivity index (χ1v) is 18.5. The summed E-state index contributed by atoms with van der Waals surface area (Å²) in [5.74, 6) is 4.51. The monoisotopic (exact) mass is 646 g/mol. The Hall–Kier alpha value is -2.58. The molecular formula is C39H54N2O6. The summed E-state index contributed by atoms with van der Waals surface area (Å²) < 4.78 is 24.3. The number of hydrogen-bond donors (Lipinski definition) is 2. The number of amides is 2. The fraction of sp³-hybridized carbons (Fsp3) is 0.744. The van der Waals surface area contributed by atoms with Gasteiger partial charge in [-0.1, -0.05) is 45.4 Å². The molecule has 7 aliphatic rings. The Kier molecular flexibility index (Phi) is 7.94. The molecule has 256 valence electrons. The van der Waals surface area contributed by atoms with Crippen LogP contribution in [0.3, 0.4) is 0 Å². The first-order chi connectivity index (χ1) is 22.6. The zero-order valence-electron chi connectivity index (χ0n) is 28.8. The molecule has 2 amide bonds. The molecule has 3 saturated carbocycles. The van der Waals surface area contributed by atoms with Crippen molar-refractivity contribution < 1.29 is 28.5 Å². The maximum atomic E-state index is 12.9. The number of hydrogen-bond acceptors (Lipinski definition) is 6. The summed E-state index contributed by atoms with van der Waals surface area (Å²) in [7, 11) is 0. The van der Waals surface area contributed by atoms with E-state index in [-0.39, 0.29) is 42.3 Å². The molecule has 0 unspecified atom stereocenters. The Labute approximate surface area is 280 Å². The van der Waals surface area contributed by atoms with E-state index in [2.05, 4.69) is 44.4 Å². The number of nitrogens with one attached hydrogen (secondary N) is 2. The predicted octanol–water partition coefficient (Wildman–Crippen LogP) is 6.32. The second-order valence-corrected chi connectivity index (χ2v) is 16.7. The molecule has 8 nitrogen and oxygen atoms in total. The van der Waals surface area contributed by atoms with Gasteiger partial charge in [-0.3, -0.25) is 9.59 Å². The number of fused-ring (bicyclic) bond motifs is 8. The van der Waals surface area contributed by atoms with Gasteiger partial charge in [0.2, 0.25) is 18.6 Å². The maximum absolute atomic E-state index is 12.9. The van der Waals surface area contributed by atoms with Crippen LogP contribution in [-0.2, 0) is 25.5 Å². The van der Waals surface area contributed by atoms with E-state index < -0.39 is 0 Å². The van der Waals surface area contributed by atoms with Crippen LogP contribution < -0.4 is 20.1 Å². The summed E-state index contributed by atoms with van der Waals surface area (Å²) in [6.45, 7) is 11.4. The van der Waals surface area contributed by atoms with Crippen molar-refractivity contribution in [3.05, 3.63) is 35.4 Å². The molecule has 8 rings (SSSR count). The van der Waals surface area contributed by atoms with E-state index in [0.717, 1.165) is 55.8 Å². The van der Waals surface area contributed by atoms with E-state index in [1.165, 1.54) is 25.7 Å². The lowest BCUT2D eigenvalue weighted by Crippen LogP contribution is -2.53. The van der Waals surface area contributed by atoms with Gasteiger partial charge in [0.15, 0.2) is 17.3 Å². The highest BCUT2D eigenvalue weighted by molar-refractivity contribution is 5.97. The molecular weight excluding hydrogens is 592 g/mol. The first kappa shape index (κ1) is 31.7. The Morgan fingerprint density at radius 2 is 1.83 bits per heavy atom. The Bertz CT molecular complexity index is 1430. The topological polar surface area (TPSA) is 95.1 Å². The summed E-state index contributed by atoms with van der Waals surface area (Å²) in [4.78, 5) is 25.5. The van der Waals surface area contributed by atoms with Crippen molar-refractivity contribution in [2.45, 2.75) is 116 Å². The molecule has 1 spiro atoms. The van der Waals surface area contributed by atoms with Crippen molar-refractivity contribution in [2.24, 2.45) is 46.3 Å². The van der Waals surface area contributed by atoms with Crippen molar-refractivity contribution in [2.75, 3.05) is 19.9 Å². The molecule has 0 radical (unpaired) electrons. The smallest absolute Gasteiger partial charge is 0.231 e. The van der Waals surface area contributed by atoms with Crippen LogP contribution in [0.25, 0.3) is 0 Å². The summed E-state index contributed by atoms with van der Waals surface area (Å²) in [6, 6.07) is 5.92. The van der Waals surface area contributed by atoms with Crippen molar-refractivity contribution in [1.29, 1.82) is 0 Å². The number of ether oxygens (including phenoxy) is 4. The lowest BCUT2D eigenvalue weighted by atomic mass is 9.46. The molecule has 4 aliphatic carbocycles. The summed E-state index contributed by atoms with van der Waals surface area (Å²) >= 11 is 0. The normalized spacial score (nSPS) is 42.9. The predicted molar refractivity (Wildman–Crippen MR) is 178 cm³/mol. The number of carbonyl (C=O) groups is 2. The molecule has 3 aliphatic heterocycles. The van der Waals surface area contributed by atoms with Gasteiger partial charge in [0, 0.05) is 24.9 Å². The van der Waals surface area contributed by atoms with Gasteiger partial charge in [0.25, 0.3) is 0 Å². The zero-order valence-corrected chi connectivity index (χ0v) is 28.8. The Balaban J connectivity index is 0.850. The third-order valence-electron chi connectivity index (χ3n) is 14.2. The largest absolute Gasteiger partial charge is 0.454 e. The molecule has 1 aromatic carbocycles. The van der Waals surface area contributed by atoms with E-state index in [0.29, 0.717) is 60.0 Å². The summed E-state index contributed by atoms with van der Waals surface area (Å²) in [6.07, 6.45) is 13.6. The van der Waals surface area contributed by atoms with E-state index in [1.807, 2.05) is 18.2 Å². The van der Waals surface area contributed by atoms with Crippen LogP contribution >= 0.6 is 0 Å². The van der Waals surface area contributed by atoms with Crippen molar-refractivity contribution in [3.8, 4) is 11.5 Å². The molecule has 2 N–H and O–H groups in total. The molecule has 8 heteroatoms. The lowest BCUT2D eigenvalue weighted by Gasteiger charge is -2.58. The minimum atomic E-state index is -0.351. The van der Waals surface area contributed by atoms with Gasteiger partial charge >= 0.3 is 0 Å². The number of benzene rings is 1. The summed E-state index contributed by atoms with van der Waals surface area (Å²) in [5.41, 5.74) is 3.12. The van der Waals surface area contributed by atoms with E-state index in [9.17, 15) is 9.59 Å². The van der Waals surface area contributed by atoms with E-state index in [1.54, 1.807) is 5.57 Å². The van der Waals surface area contributed by atoms with Crippen LogP contribution in [0.15, 0.2) is 29.8 Å². The van der Waals surface area contributed by atoms with Gasteiger partial charge in [0.05, 0.1) is 12.7 Å². The van der Waals surface area contributed by atoms with Crippen molar-refractivity contribution in [1.82, 2.24) is 10.6 Å². The Morgan fingerprint density at radius 3 is 2.66 bits per heavy atom. The third kappa shape index (κ3) is 5.31. The quantitative estimate of drug-likeness (QED) is 0.278. The van der Waals surface area contributed by atoms with Crippen LogP contribution in [0.5, 0.6) is 11.5 Å². The SMILES string of the molecule is C[C@@H]1CC[C@@]2(OC1)O[C@H]1C[C@H]3[C@@H]4CC=C5C[C@@H](NC(=O)CC(=O)NCCc6ccc7c(c6)OCO7)CC[C@]5(C)[C@H]4CC[C@]3(C)[C@H]1[C@@H]2C. The molecule has 11 atom stereocenters. The first-order valence-electron chi connectivity index (χ1n) is 18.5. The summed E-state index contributed by atoms with van der Waals surface area (Å²) in [5, 5.41) is 6.12.